The van der Waals surface area contributed by atoms with E-state index < -0.39 is 0 Å². The van der Waals surface area contributed by atoms with Crippen molar-refractivity contribution in [2.24, 2.45) is 0 Å². The van der Waals surface area contributed by atoms with E-state index in [2.05, 4.69) is 22.8 Å². The van der Waals surface area contributed by atoms with Crippen LogP contribution in [0.15, 0.2) is 41.8 Å². The highest BCUT2D eigenvalue weighted by atomic mass is 32.1. The molecule has 1 aliphatic carbocycles. The Bertz CT molecular complexity index is 1150. The molecule has 0 saturated heterocycles. The molecule has 31 heavy (non-hydrogen) atoms. The monoisotopic (exact) mass is 433 g/mol. The van der Waals surface area contributed by atoms with Crippen molar-refractivity contribution in [3.05, 3.63) is 63.5 Å². The summed E-state index contributed by atoms with van der Waals surface area (Å²) in [6.07, 6.45) is 3.82. The molecular weight excluding hydrogens is 406 g/mol. The van der Waals surface area contributed by atoms with Crippen molar-refractivity contribution in [2.45, 2.75) is 39.7 Å². The Labute approximate surface area is 186 Å². The van der Waals surface area contributed by atoms with Gasteiger partial charge < -0.3 is 10.2 Å². The molecule has 1 N–H and O–H groups in total. The number of hydrogen-bond donors (Lipinski definition) is 1. The van der Waals surface area contributed by atoms with Gasteiger partial charge in [0.2, 0.25) is 5.91 Å². The number of amides is 2. The molecule has 3 aromatic rings. The number of nitrogens with zero attached hydrogens (tertiary/aromatic N) is 2. The van der Waals surface area contributed by atoms with Gasteiger partial charge in [-0.05, 0) is 68.3 Å². The number of rotatable bonds is 6. The number of pyridine rings is 1. The fourth-order valence-corrected chi connectivity index (χ4v) is 4.78. The van der Waals surface area contributed by atoms with E-state index in [9.17, 15) is 9.59 Å². The molecule has 1 aromatic carbocycles. The SMILES string of the molecule is CCN(CC(=O)NC(C)C)C(=O)c1c2c(nc3ccccc13)/C(=C\c1cccs1)CC2. The van der Waals surface area contributed by atoms with Crippen molar-refractivity contribution in [1.82, 2.24) is 15.2 Å². The van der Waals surface area contributed by atoms with Gasteiger partial charge in [-0.25, -0.2) is 4.98 Å². The van der Waals surface area contributed by atoms with E-state index in [0.29, 0.717) is 12.1 Å². The summed E-state index contributed by atoms with van der Waals surface area (Å²) >= 11 is 1.69. The van der Waals surface area contributed by atoms with Gasteiger partial charge in [-0.3, -0.25) is 9.59 Å². The van der Waals surface area contributed by atoms with Crippen LogP contribution in [0.4, 0.5) is 0 Å². The standard InChI is InChI=1S/C25H27N3O2S/c1-4-28(15-22(29)26-16(2)3)25(30)23-19-9-5-6-10-21(19)27-24-17(11-12-20(23)24)14-18-8-7-13-31-18/h5-10,13-14,16H,4,11-12,15H2,1-3H3,(H,26,29)/b17-14-. The molecule has 1 aliphatic rings. The molecule has 0 saturated carbocycles. The normalized spacial score (nSPS) is 14.3. The predicted molar refractivity (Wildman–Crippen MR) is 127 cm³/mol. The summed E-state index contributed by atoms with van der Waals surface area (Å²) in [5.41, 5.74) is 4.57. The average molecular weight is 434 g/mol. The molecule has 0 atom stereocenters. The zero-order valence-corrected chi connectivity index (χ0v) is 19.0. The fraction of sp³-hybridized carbons (Fsp3) is 0.320. The third-order valence-electron chi connectivity index (χ3n) is 5.47. The highest BCUT2D eigenvalue weighted by Gasteiger charge is 2.29. The summed E-state index contributed by atoms with van der Waals surface area (Å²) in [5.74, 6) is -0.243. The number of para-hydroxylation sites is 1. The number of carbonyl (C=O) groups is 2. The van der Waals surface area contributed by atoms with Crippen LogP contribution in [0.1, 0.15) is 53.7 Å². The van der Waals surface area contributed by atoms with Crippen LogP contribution in [0.5, 0.6) is 0 Å². The van der Waals surface area contributed by atoms with Gasteiger partial charge in [0.05, 0.1) is 23.3 Å². The van der Waals surface area contributed by atoms with Crippen molar-refractivity contribution in [2.75, 3.05) is 13.1 Å². The maximum absolute atomic E-state index is 13.7. The fourth-order valence-electron chi connectivity index (χ4n) is 4.09. The van der Waals surface area contributed by atoms with E-state index in [-0.39, 0.29) is 24.4 Å². The molecular formula is C25H27N3O2S. The molecule has 0 fully saturated rings. The first-order valence-electron chi connectivity index (χ1n) is 10.7. The lowest BCUT2D eigenvalue weighted by atomic mass is 9.99. The quantitative estimate of drug-likeness (QED) is 0.609. The maximum atomic E-state index is 13.7. The highest BCUT2D eigenvalue weighted by Crippen LogP contribution is 2.38. The van der Waals surface area contributed by atoms with E-state index in [4.69, 9.17) is 4.98 Å². The minimum absolute atomic E-state index is 0.0391. The molecule has 0 unspecified atom stereocenters. The predicted octanol–water partition coefficient (Wildman–Crippen LogP) is 4.77. The number of likely N-dealkylation sites (N-methyl/N-ethyl adjacent to an activating group) is 1. The maximum Gasteiger partial charge on any atom is 0.255 e. The zero-order valence-electron chi connectivity index (χ0n) is 18.1. The van der Waals surface area contributed by atoms with Gasteiger partial charge in [0.15, 0.2) is 0 Å². The molecule has 2 amide bonds. The largest absolute Gasteiger partial charge is 0.352 e. The van der Waals surface area contributed by atoms with Crippen molar-refractivity contribution >= 4 is 45.7 Å². The van der Waals surface area contributed by atoms with Crippen LogP contribution >= 0.6 is 11.3 Å². The van der Waals surface area contributed by atoms with Crippen molar-refractivity contribution in [3.8, 4) is 0 Å². The minimum Gasteiger partial charge on any atom is -0.352 e. The first kappa shape index (κ1) is 21.2. The second kappa shape index (κ2) is 9.02. The van der Waals surface area contributed by atoms with Crippen LogP contribution in [0.25, 0.3) is 22.6 Å². The zero-order chi connectivity index (χ0) is 22.0. The molecule has 4 rings (SSSR count). The number of benzene rings is 1. The summed E-state index contributed by atoms with van der Waals surface area (Å²) in [5, 5.41) is 5.80. The third-order valence-corrected chi connectivity index (χ3v) is 6.29. The number of carbonyl (C=O) groups excluding carboxylic acids is 2. The first-order chi connectivity index (χ1) is 15.0. The van der Waals surface area contributed by atoms with E-state index in [1.54, 1.807) is 16.2 Å². The highest BCUT2D eigenvalue weighted by molar-refractivity contribution is 7.10. The van der Waals surface area contributed by atoms with Gasteiger partial charge in [-0.15, -0.1) is 11.3 Å². The lowest BCUT2D eigenvalue weighted by Crippen LogP contribution is -2.43. The first-order valence-corrected chi connectivity index (χ1v) is 11.6. The molecule has 2 heterocycles. The number of thiophene rings is 1. The van der Waals surface area contributed by atoms with Crippen LogP contribution in [0, 0.1) is 0 Å². The Balaban J connectivity index is 1.78. The van der Waals surface area contributed by atoms with Crippen LogP contribution in [-0.4, -0.2) is 40.8 Å². The molecule has 0 spiro atoms. The summed E-state index contributed by atoms with van der Waals surface area (Å²) in [4.78, 5) is 33.8. The molecule has 6 heteroatoms. The number of allylic oxidation sites excluding steroid dienone is 1. The van der Waals surface area contributed by atoms with Gasteiger partial charge in [0.25, 0.3) is 5.91 Å². The van der Waals surface area contributed by atoms with Gasteiger partial charge >= 0.3 is 0 Å². The molecule has 2 aromatic heterocycles. The van der Waals surface area contributed by atoms with Gasteiger partial charge in [0, 0.05) is 22.8 Å². The van der Waals surface area contributed by atoms with Crippen LogP contribution in [0.2, 0.25) is 0 Å². The molecule has 160 valence electrons. The van der Waals surface area contributed by atoms with E-state index >= 15 is 0 Å². The Morgan fingerprint density at radius 1 is 1.19 bits per heavy atom. The second-order valence-electron chi connectivity index (χ2n) is 8.06. The van der Waals surface area contributed by atoms with E-state index in [1.165, 1.54) is 4.88 Å². The summed E-state index contributed by atoms with van der Waals surface area (Å²) in [7, 11) is 0. The lowest BCUT2D eigenvalue weighted by Gasteiger charge is -2.23. The smallest absolute Gasteiger partial charge is 0.255 e. The Morgan fingerprint density at radius 2 is 2.00 bits per heavy atom. The minimum atomic E-state index is -0.140. The molecule has 0 bridgehead atoms. The number of nitrogens with one attached hydrogen (secondary N) is 1. The summed E-state index contributed by atoms with van der Waals surface area (Å²) < 4.78 is 0. The van der Waals surface area contributed by atoms with Crippen LogP contribution in [0.3, 0.4) is 0 Å². The van der Waals surface area contributed by atoms with Crippen molar-refractivity contribution in [1.29, 1.82) is 0 Å². The van der Waals surface area contributed by atoms with E-state index in [1.807, 2.05) is 51.1 Å². The Hall–Kier alpha value is -2.99. The summed E-state index contributed by atoms with van der Waals surface area (Å²) in [6, 6.07) is 12.0. The Morgan fingerprint density at radius 3 is 2.71 bits per heavy atom. The molecule has 0 radical (unpaired) electrons. The van der Waals surface area contributed by atoms with Gasteiger partial charge in [-0.1, -0.05) is 24.3 Å². The second-order valence-corrected chi connectivity index (χ2v) is 9.04. The topological polar surface area (TPSA) is 62.3 Å². The third kappa shape index (κ3) is 4.39. The van der Waals surface area contributed by atoms with Crippen LogP contribution in [-0.2, 0) is 11.2 Å². The number of fused-ring (bicyclic) bond motifs is 2. The molecule has 0 aliphatic heterocycles. The van der Waals surface area contributed by atoms with Gasteiger partial charge in [0.1, 0.15) is 0 Å². The average Bonchev–Trinajstić information content (AvgIpc) is 3.40. The van der Waals surface area contributed by atoms with Gasteiger partial charge in [-0.2, -0.15) is 0 Å². The van der Waals surface area contributed by atoms with E-state index in [0.717, 1.165) is 40.6 Å². The van der Waals surface area contributed by atoms with Crippen LogP contribution < -0.4 is 5.32 Å². The summed E-state index contributed by atoms with van der Waals surface area (Å²) in [6.45, 7) is 6.26. The number of aromatic nitrogens is 1. The molecule has 5 nitrogen and oxygen atoms in total. The lowest BCUT2D eigenvalue weighted by molar-refractivity contribution is -0.122. The number of hydrogen-bond acceptors (Lipinski definition) is 4. The Kier molecular flexibility index (Phi) is 6.18. The van der Waals surface area contributed by atoms with Crippen molar-refractivity contribution < 1.29 is 9.59 Å². The van der Waals surface area contributed by atoms with Crippen molar-refractivity contribution in [3.63, 3.8) is 0 Å².